The number of benzene rings is 3. The molecule has 6 aromatic rings. The Labute approximate surface area is 195 Å². The molecule has 0 aliphatic heterocycles. The average Bonchev–Trinajstić information content (AvgIpc) is 3.43. The van der Waals surface area contributed by atoms with Crippen LogP contribution in [0.4, 0.5) is 17.5 Å². The second-order valence-corrected chi connectivity index (χ2v) is 8.25. The molecule has 0 saturated carbocycles. The van der Waals surface area contributed by atoms with Crippen LogP contribution in [-0.4, -0.2) is 29.4 Å². The molecule has 0 aliphatic rings. The Morgan fingerprint density at radius 2 is 1.82 bits per heavy atom. The van der Waals surface area contributed by atoms with Gasteiger partial charge in [0.2, 0.25) is 11.6 Å². The highest BCUT2D eigenvalue weighted by Gasteiger charge is 2.15. The van der Waals surface area contributed by atoms with Crippen molar-refractivity contribution >= 4 is 34.0 Å². The molecule has 6 rings (SSSR count). The average molecular weight is 447 g/mol. The van der Waals surface area contributed by atoms with E-state index in [2.05, 4.69) is 49.7 Å². The maximum Gasteiger partial charge on any atom is 0.240 e. The van der Waals surface area contributed by atoms with Gasteiger partial charge in [0.05, 0.1) is 30.1 Å². The van der Waals surface area contributed by atoms with Crippen molar-refractivity contribution < 1.29 is 0 Å². The lowest BCUT2D eigenvalue weighted by molar-refractivity contribution is 0.712. The molecule has 0 fully saturated rings. The number of nitrogens with two attached hydrogens (primary N) is 1. The number of nitrogens with one attached hydrogen (secondary N) is 1. The fourth-order valence-electron chi connectivity index (χ4n) is 4.14. The van der Waals surface area contributed by atoms with E-state index in [0.29, 0.717) is 18.0 Å². The van der Waals surface area contributed by atoms with Gasteiger partial charge in [-0.05, 0) is 36.2 Å². The van der Waals surface area contributed by atoms with Crippen molar-refractivity contribution in [1.82, 2.24) is 29.4 Å². The van der Waals surface area contributed by atoms with Crippen LogP contribution in [0.3, 0.4) is 0 Å². The molecule has 0 spiro atoms. The maximum absolute atomic E-state index is 6.00. The molecule has 0 atom stereocenters. The van der Waals surface area contributed by atoms with Gasteiger partial charge in [0.1, 0.15) is 0 Å². The standard InChI is InChI=1S/C26H22N8/c1-17-6-5-9-21(12-17)30-24-25-31-26(27)32-34(25)23(15-28-24)19-10-11-20-14-29-33(22(20)13-19)16-18-7-3-2-4-8-18/h2-15H,16H2,1H3,(H2,27,32)(H,28,30). The van der Waals surface area contributed by atoms with Crippen molar-refractivity contribution in [1.29, 1.82) is 0 Å². The highest BCUT2D eigenvalue weighted by molar-refractivity contribution is 5.84. The molecule has 0 unspecified atom stereocenters. The molecule has 3 aromatic heterocycles. The summed E-state index contributed by atoms with van der Waals surface area (Å²) in [5, 5.41) is 13.5. The van der Waals surface area contributed by atoms with Crippen LogP contribution in [0.5, 0.6) is 0 Å². The lowest BCUT2D eigenvalue weighted by atomic mass is 10.1. The minimum atomic E-state index is 0.191. The van der Waals surface area contributed by atoms with E-state index in [1.165, 1.54) is 5.56 Å². The van der Waals surface area contributed by atoms with Crippen molar-refractivity contribution in [3.05, 3.63) is 96.3 Å². The van der Waals surface area contributed by atoms with Crippen LogP contribution in [0.25, 0.3) is 27.8 Å². The van der Waals surface area contributed by atoms with Crippen molar-refractivity contribution in [2.45, 2.75) is 13.5 Å². The third-order valence-corrected chi connectivity index (χ3v) is 5.78. The second kappa shape index (κ2) is 8.00. The fourth-order valence-corrected chi connectivity index (χ4v) is 4.14. The molecule has 8 heteroatoms. The molecule has 0 saturated heterocycles. The molecular weight excluding hydrogens is 424 g/mol. The number of hydrogen-bond acceptors (Lipinski definition) is 6. The highest BCUT2D eigenvalue weighted by atomic mass is 15.3. The van der Waals surface area contributed by atoms with E-state index in [9.17, 15) is 0 Å². The molecule has 3 N–H and O–H groups in total. The highest BCUT2D eigenvalue weighted by Crippen LogP contribution is 2.28. The first-order valence-corrected chi connectivity index (χ1v) is 11.0. The van der Waals surface area contributed by atoms with E-state index in [0.717, 1.165) is 33.4 Å². The molecule has 34 heavy (non-hydrogen) atoms. The molecule has 8 nitrogen and oxygen atoms in total. The van der Waals surface area contributed by atoms with Gasteiger partial charge in [-0.2, -0.15) is 10.1 Å². The number of fused-ring (bicyclic) bond motifs is 2. The minimum Gasteiger partial charge on any atom is -0.366 e. The summed E-state index contributed by atoms with van der Waals surface area (Å²) >= 11 is 0. The van der Waals surface area contributed by atoms with Crippen LogP contribution in [0.2, 0.25) is 0 Å². The SMILES string of the molecule is Cc1cccc(Nc2ncc(-c3ccc4cnn(Cc5ccccc5)c4c3)n3nc(N)nc23)c1. The van der Waals surface area contributed by atoms with Gasteiger partial charge >= 0.3 is 0 Å². The summed E-state index contributed by atoms with van der Waals surface area (Å²) in [6, 6.07) is 24.6. The van der Waals surface area contributed by atoms with Gasteiger partial charge in [-0.25, -0.2) is 9.50 Å². The van der Waals surface area contributed by atoms with Crippen molar-refractivity contribution in [3.63, 3.8) is 0 Å². The zero-order valence-corrected chi connectivity index (χ0v) is 18.6. The number of rotatable bonds is 5. The van der Waals surface area contributed by atoms with Crippen molar-refractivity contribution in [3.8, 4) is 11.3 Å². The summed E-state index contributed by atoms with van der Waals surface area (Å²) in [4.78, 5) is 9.10. The summed E-state index contributed by atoms with van der Waals surface area (Å²) in [5.41, 5.74) is 12.6. The zero-order chi connectivity index (χ0) is 23.1. The van der Waals surface area contributed by atoms with Gasteiger partial charge in [0.15, 0.2) is 5.82 Å². The van der Waals surface area contributed by atoms with Crippen LogP contribution in [-0.2, 0) is 6.54 Å². The summed E-state index contributed by atoms with van der Waals surface area (Å²) in [6.45, 7) is 2.74. The Morgan fingerprint density at radius 1 is 0.941 bits per heavy atom. The lowest BCUT2D eigenvalue weighted by Gasteiger charge is -2.10. The van der Waals surface area contributed by atoms with Crippen LogP contribution < -0.4 is 11.1 Å². The molecule has 3 aromatic carbocycles. The van der Waals surface area contributed by atoms with Gasteiger partial charge in [-0.3, -0.25) is 4.68 Å². The van der Waals surface area contributed by atoms with Gasteiger partial charge in [0, 0.05) is 16.6 Å². The van der Waals surface area contributed by atoms with E-state index in [-0.39, 0.29) is 5.95 Å². The zero-order valence-electron chi connectivity index (χ0n) is 18.6. The number of nitrogen functional groups attached to an aromatic ring is 1. The van der Waals surface area contributed by atoms with Crippen LogP contribution in [0.15, 0.2) is 85.2 Å². The normalized spacial score (nSPS) is 11.3. The first kappa shape index (κ1) is 19.9. The smallest absolute Gasteiger partial charge is 0.240 e. The van der Waals surface area contributed by atoms with Crippen LogP contribution >= 0.6 is 0 Å². The monoisotopic (exact) mass is 446 g/mol. The van der Waals surface area contributed by atoms with Gasteiger partial charge in [-0.15, -0.1) is 5.10 Å². The second-order valence-electron chi connectivity index (χ2n) is 8.25. The fraction of sp³-hybridized carbons (Fsp3) is 0.0769. The molecule has 0 amide bonds. The Morgan fingerprint density at radius 3 is 2.68 bits per heavy atom. The van der Waals surface area contributed by atoms with E-state index in [4.69, 9.17) is 5.73 Å². The summed E-state index contributed by atoms with van der Waals surface area (Å²) in [5.74, 6) is 0.783. The van der Waals surface area contributed by atoms with E-state index < -0.39 is 0 Å². The predicted molar refractivity (Wildman–Crippen MR) is 134 cm³/mol. The number of nitrogens with zero attached hydrogens (tertiary/aromatic N) is 6. The molecule has 0 radical (unpaired) electrons. The van der Waals surface area contributed by atoms with Gasteiger partial charge in [0.25, 0.3) is 0 Å². The largest absolute Gasteiger partial charge is 0.366 e. The molecule has 0 bridgehead atoms. The minimum absolute atomic E-state index is 0.191. The van der Waals surface area contributed by atoms with Crippen LogP contribution in [0.1, 0.15) is 11.1 Å². The first-order valence-electron chi connectivity index (χ1n) is 11.0. The molecule has 0 aliphatic carbocycles. The summed E-state index contributed by atoms with van der Waals surface area (Å²) in [6.07, 6.45) is 3.68. The number of aryl methyl sites for hydroxylation is 1. The number of anilines is 3. The van der Waals surface area contributed by atoms with Gasteiger partial charge in [-0.1, -0.05) is 54.6 Å². The Balaban J connectivity index is 1.42. The summed E-state index contributed by atoms with van der Waals surface area (Å²) < 4.78 is 3.74. The topological polar surface area (TPSA) is 99.0 Å². The van der Waals surface area contributed by atoms with Crippen LogP contribution in [0, 0.1) is 6.92 Å². The van der Waals surface area contributed by atoms with Crippen molar-refractivity contribution in [2.24, 2.45) is 0 Å². The number of aromatic nitrogens is 6. The molecule has 166 valence electrons. The number of hydrogen-bond donors (Lipinski definition) is 2. The Hall–Kier alpha value is -4.72. The first-order chi connectivity index (χ1) is 16.6. The molecular formula is C26H22N8. The maximum atomic E-state index is 6.00. The lowest BCUT2D eigenvalue weighted by Crippen LogP contribution is -2.03. The molecule has 3 heterocycles. The Kier molecular flexibility index (Phi) is 4.69. The van der Waals surface area contributed by atoms with E-state index in [1.54, 1.807) is 10.7 Å². The third-order valence-electron chi connectivity index (χ3n) is 5.78. The van der Waals surface area contributed by atoms with Crippen molar-refractivity contribution in [2.75, 3.05) is 11.1 Å². The quantitative estimate of drug-likeness (QED) is 0.394. The predicted octanol–water partition coefficient (Wildman–Crippen LogP) is 4.82. The summed E-state index contributed by atoms with van der Waals surface area (Å²) in [7, 11) is 0. The Bertz CT molecular complexity index is 1630. The van der Waals surface area contributed by atoms with E-state index >= 15 is 0 Å². The van der Waals surface area contributed by atoms with E-state index in [1.807, 2.05) is 66.3 Å². The van der Waals surface area contributed by atoms with Gasteiger partial charge < -0.3 is 11.1 Å². The third kappa shape index (κ3) is 3.61.